The number of nitrogens with zero attached hydrogens (tertiary/aromatic N) is 2. The predicted octanol–water partition coefficient (Wildman–Crippen LogP) is 1.51. The second-order valence-electron chi connectivity index (χ2n) is 5.95. The summed E-state index contributed by atoms with van der Waals surface area (Å²) in [6.45, 7) is 0.304. The lowest BCUT2D eigenvalue weighted by Crippen LogP contribution is -2.33. The number of aliphatic hydroxyl groups is 2. The first-order valence-electron chi connectivity index (χ1n) is 8.58. The van der Waals surface area contributed by atoms with Gasteiger partial charge in [-0.1, -0.05) is 36.4 Å². The first-order chi connectivity index (χ1) is 13.1. The van der Waals surface area contributed by atoms with Gasteiger partial charge >= 0.3 is 0 Å². The van der Waals surface area contributed by atoms with Gasteiger partial charge in [-0.3, -0.25) is 14.6 Å². The molecule has 1 aliphatic heterocycles. The number of aliphatic hydroxyl groups excluding tert-OH is 2. The smallest absolute Gasteiger partial charge is 0.295 e. The van der Waals surface area contributed by atoms with E-state index in [0.29, 0.717) is 11.3 Å². The number of carbonyl (C=O) groups is 2. The third-order valence-corrected chi connectivity index (χ3v) is 4.27. The molecule has 1 saturated heterocycles. The van der Waals surface area contributed by atoms with Crippen LogP contribution < -0.4 is 0 Å². The van der Waals surface area contributed by atoms with Crippen LogP contribution in [-0.2, 0) is 14.3 Å². The fraction of sp³-hybridized carbons (Fsp3) is 0.250. The highest BCUT2D eigenvalue weighted by atomic mass is 16.5. The van der Waals surface area contributed by atoms with Gasteiger partial charge in [0.15, 0.2) is 0 Å². The molecule has 3 rings (SSSR count). The zero-order chi connectivity index (χ0) is 19.2. The van der Waals surface area contributed by atoms with Crippen LogP contribution in [0.3, 0.4) is 0 Å². The van der Waals surface area contributed by atoms with Gasteiger partial charge in [0.25, 0.3) is 11.7 Å². The average molecular weight is 368 g/mol. The summed E-state index contributed by atoms with van der Waals surface area (Å²) in [6.07, 6.45) is 1.57. The Morgan fingerprint density at radius 1 is 1.07 bits per heavy atom. The molecule has 1 fully saturated rings. The van der Waals surface area contributed by atoms with Crippen molar-refractivity contribution in [3.63, 3.8) is 0 Å². The van der Waals surface area contributed by atoms with Crippen molar-refractivity contribution in [2.45, 2.75) is 6.04 Å². The summed E-state index contributed by atoms with van der Waals surface area (Å²) in [4.78, 5) is 30.9. The molecule has 2 N–H and O–H groups in total. The Balaban J connectivity index is 2.03. The quantitative estimate of drug-likeness (QED) is 0.333. The van der Waals surface area contributed by atoms with Gasteiger partial charge < -0.3 is 19.8 Å². The lowest BCUT2D eigenvalue weighted by Gasteiger charge is -2.24. The summed E-state index contributed by atoms with van der Waals surface area (Å²) in [5, 5.41) is 19.6. The molecule has 1 amide bonds. The SMILES string of the molecule is O=C1C(=O)N(CCOCCO)[C@@H](c2ccccn2)/C1=C(\O)c1ccccc1. The number of pyridine rings is 1. The van der Waals surface area contributed by atoms with Gasteiger partial charge in [-0.25, -0.2) is 0 Å². The summed E-state index contributed by atoms with van der Waals surface area (Å²) in [7, 11) is 0. The standard InChI is InChI=1S/C20H20N2O5/c23-11-13-27-12-10-22-17(15-8-4-5-9-21-15)16(19(25)20(22)26)18(24)14-6-2-1-3-7-14/h1-9,17,23-24H,10-13H2/b18-16+/t17-/m0/s1. The Morgan fingerprint density at radius 2 is 1.81 bits per heavy atom. The number of carbonyl (C=O) groups excluding carboxylic acids is 2. The molecule has 2 heterocycles. The largest absolute Gasteiger partial charge is 0.507 e. The number of hydrogen-bond donors (Lipinski definition) is 2. The zero-order valence-electron chi connectivity index (χ0n) is 14.6. The van der Waals surface area contributed by atoms with Crippen LogP contribution in [0, 0.1) is 0 Å². The van der Waals surface area contributed by atoms with Gasteiger partial charge in [0.1, 0.15) is 11.8 Å². The molecule has 0 radical (unpaired) electrons. The van der Waals surface area contributed by atoms with Crippen molar-refractivity contribution in [3.8, 4) is 0 Å². The summed E-state index contributed by atoms with van der Waals surface area (Å²) in [6, 6.07) is 13.0. The molecule has 27 heavy (non-hydrogen) atoms. The van der Waals surface area contributed by atoms with Gasteiger partial charge in [0, 0.05) is 18.3 Å². The molecule has 1 aromatic heterocycles. The highest BCUT2D eigenvalue weighted by Crippen LogP contribution is 2.38. The summed E-state index contributed by atoms with van der Waals surface area (Å²) < 4.78 is 5.24. The molecule has 1 aliphatic rings. The molecule has 140 valence electrons. The first-order valence-corrected chi connectivity index (χ1v) is 8.58. The highest BCUT2D eigenvalue weighted by Gasteiger charge is 2.46. The highest BCUT2D eigenvalue weighted by molar-refractivity contribution is 6.46. The number of amides is 1. The molecule has 0 saturated carbocycles. The van der Waals surface area contributed by atoms with E-state index in [-0.39, 0.29) is 37.7 Å². The lowest BCUT2D eigenvalue weighted by atomic mass is 9.98. The van der Waals surface area contributed by atoms with Crippen molar-refractivity contribution in [2.75, 3.05) is 26.4 Å². The van der Waals surface area contributed by atoms with Crippen molar-refractivity contribution in [3.05, 3.63) is 71.6 Å². The van der Waals surface area contributed by atoms with E-state index in [1.54, 1.807) is 54.7 Å². The predicted molar refractivity (Wildman–Crippen MR) is 97.6 cm³/mol. The molecule has 0 bridgehead atoms. The van der Waals surface area contributed by atoms with Crippen molar-refractivity contribution < 1.29 is 24.5 Å². The van der Waals surface area contributed by atoms with Crippen LogP contribution in [0.2, 0.25) is 0 Å². The van der Waals surface area contributed by atoms with E-state index in [0.717, 1.165) is 0 Å². The molecule has 1 aromatic carbocycles. The van der Waals surface area contributed by atoms with Crippen molar-refractivity contribution in [1.29, 1.82) is 0 Å². The van der Waals surface area contributed by atoms with Gasteiger partial charge in [0.05, 0.1) is 31.1 Å². The van der Waals surface area contributed by atoms with Gasteiger partial charge in [0.2, 0.25) is 0 Å². The molecule has 0 aliphatic carbocycles. The minimum atomic E-state index is -0.802. The van der Waals surface area contributed by atoms with E-state index in [4.69, 9.17) is 9.84 Å². The summed E-state index contributed by atoms with van der Waals surface area (Å²) in [5.74, 6) is -1.70. The van der Waals surface area contributed by atoms with Crippen molar-refractivity contribution in [1.82, 2.24) is 9.88 Å². The third kappa shape index (κ3) is 3.89. The maximum absolute atomic E-state index is 12.7. The Morgan fingerprint density at radius 3 is 2.48 bits per heavy atom. The minimum Gasteiger partial charge on any atom is -0.507 e. The van der Waals surface area contributed by atoms with Crippen LogP contribution in [0.15, 0.2) is 60.3 Å². The van der Waals surface area contributed by atoms with Crippen LogP contribution in [0.25, 0.3) is 5.76 Å². The minimum absolute atomic E-state index is 0.00654. The number of ether oxygens (including phenoxy) is 1. The molecular formula is C20H20N2O5. The van der Waals surface area contributed by atoms with E-state index in [1.165, 1.54) is 4.90 Å². The molecule has 7 heteroatoms. The van der Waals surface area contributed by atoms with E-state index in [2.05, 4.69) is 4.98 Å². The number of Topliss-reactive ketones (excluding diaryl/α,β-unsaturated/α-hetero) is 1. The third-order valence-electron chi connectivity index (χ3n) is 4.27. The van der Waals surface area contributed by atoms with Crippen molar-refractivity contribution >= 4 is 17.4 Å². The molecule has 1 atom stereocenters. The monoisotopic (exact) mass is 368 g/mol. The fourth-order valence-electron chi connectivity index (χ4n) is 3.04. The van der Waals surface area contributed by atoms with Crippen LogP contribution in [0.5, 0.6) is 0 Å². The number of ketones is 1. The number of likely N-dealkylation sites (tertiary alicyclic amines) is 1. The van der Waals surface area contributed by atoms with Gasteiger partial charge in [-0.2, -0.15) is 0 Å². The Labute approximate surface area is 156 Å². The molecule has 7 nitrogen and oxygen atoms in total. The van der Waals surface area contributed by atoms with Crippen LogP contribution in [0.1, 0.15) is 17.3 Å². The molecule has 0 spiro atoms. The number of hydrogen-bond acceptors (Lipinski definition) is 6. The van der Waals surface area contributed by atoms with E-state index >= 15 is 0 Å². The number of rotatable bonds is 7. The molecule has 2 aromatic rings. The second kappa shape index (κ2) is 8.57. The Hall–Kier alpha value is -3.03. The van der Waals surface area contributed by atoms with Crippen LogP contribution >= 0.6 is 0 Å². The average Bonchev–Trinajstić information content (AvgIpc) is 2.97. The van der Waals surface area contributed by atoms with Gasteiger partial charge in [-0.05, 0) is 12.1 Å². The normalized spacial score (nSPS) is 18.9. The fourth-order valence-corrected chi connectivity index (χ4v) is 3.04. The zero-order valence-corrected chi connectivity index (χ0v) is 14.6. The molecule has 0 unspecified atom stereocenters. The van der Waals surface area contributed by atoms with Crippen LogP contribution in [-0.4, -0.2) is 58.2 Å². The van der Waals surface area contributed by atoms with E-state index < -0.39 is 17.7 Å². The Kier molecular flexibility index (Phi) is 5.95. The second-order valence-corrected chi connectivity index (χ2v) is 5.95. The van der Waals surface area contributed by atoms with Crippen molar-refractivity contribution in [2.24, 2.45) is 0 Å². The maximum atomic E-state index is 12.7. The van der Waals surface area contributed by atoms with Gasteiger partial charge in [-0.15, -0.1) is 0 Å². The lowest BCUT2D eigenvalue weighted by molar-refractivity contribution is -0.140. The number of benzene rings is 1. The topological polar surface area (TPSA) is 100.0 Å². The summed E-state index contributed by atoms with van der Waals surface area (Å²) >= 11 is 0. The number of aromatic nitrogens is 1. The summed E-state index contributed by atoms with van der Waals surface area (Å²) in [5.41, 5.74) is 0.941. The first kappa shape index (κ1) is 18.8. The Bertz CT molecular complexity index is 836. The molecular weight excluding hydrogens is 348 g/mol. The van der Waals surface area contributed by atoms with Crippen LogP contribution in [0.4, 0.5) is 0 Å². The van der Waals surface area contributed by atoms with E-state index in [1.807, 2.05) is 0 Å². The van der Waals surface area contributed by atoms with E-state index in [9.17, 15) is 14.7 Å². The maximum Gasteiger partial charge on any atom is 0.295 e.